The molecule has 0 aliphatic rings. The van der Waals surface area contributed by atoms with Crippen molar-refractivity contribution in [3.63, 3.8) is 0 Å². The minimum Gasteiger partial charge on any atom is -0.434 e. The van der Waals surface area contributed by atoms with Crippen LogP contribution in [0.1, 0.15) is 38.3 Å². The third-order valence-corrected chi connectivity index (χ3v) is 3.25. The number of hydrogen-bond acceptors (Lipinski definition) is 3. The van der Waals surface area contributed by atoms with Crippen molar-refractivity contribution in [2.45, 2.75) is 39.3 Å². The lowest BCUT2D eigenvalue weighted by Crippen LogP contribution is -2.36. The molecule has 0 radical (unpaired) electrons. The highest BCUT2D eigenvalue weighted by Gasteiger charge is 2.20. The minimum atomic E-state index is -2.90. The molecule has 4 nitrogen and oxygen atoms in total. The SMILES string of the molecule is CCCC(CN)C(=O)NC(C)c1ccccc1OC(F)F. The van der Waals surface area contributed by atoms with Gasteiger partial charge in [-0.3, -0.25) is 4.79 Å². The van der Waals surface area contributed by atoms with E-state index < -0.39 is 12.7 Å². The van der Waals surface area contributed by atoms with Crippen LogP contribution in [-0.2, 0) is 4.79 Å². The Morgan fingerprint density at radius 2 is 2.05 bits per heavy atom. The molecule has 0 saturated carbocycles. The zero-order valence-corrected chi connectivity index (χ0v) is 12.3. The van der Waals surface area contributed by atoms with E-state index in [1.165, 1.54) is 6.07 Å². The summed E-state index contributed by atoms with van der Waals surface area (Å²) >= 11 is 0. The van der Waals surface area contributed by atoms with Crippen molar-refractivity contribution in [1.82, 2.24) is 5.32 Å². The number of alkyl halides is 2. The van der Waals surface area contributed by atoms with Gasteiger partial charge in [0.2, 0.25) is 5.91 Å². The van der Waals surface area contributed by atoms with Crippen LogP contribution in [0.4, 0.5) is 8.78 Å². The van der Waals surface area contributed by atoms with Crippen LogP contribution in [0.25, 0.3) is 0 Å². The zero-order chi connectivity index (χ0) is 15.8. The Morgan fingerprint density at radius 1 is 1.38 bits per heavy atom. The number of halogens is 2. The fourth-order valence-corrected chi connectivity index (χ4v) is 2.15. The normalized spacial score (nSPS) is 13.8. The van der Waals surface area contributed by atoms with Gasteiger partial charge in [-0.25, -0.2) is 0 Å². The zero-order valence-electron chi connectivity index (χ0n) is 12.3. The molecule has 1 aromatic carbocycles. The number of amides is 1. The topological polar surface area (TPSA) is 64.4 Å². The van der Waals surface area contributed by atoms with Gasteiger partial charge in [-0.1, -0.05) is 31.5 Å². The average Bonchev–Trinajstić information content (AvgIpc) is 2.44. The predicted octanol–water partition coefficient (Wildman–Crippen LogP) is 2.84. The Kier molecular flexibility index (Phi) is 7.08. The Balaban J connectivity index is 2.79. The van der Waals surface area contributed by atoms with Crippen molar-refractivity contribution in [2.24, 2.45) is 11.7 Å². The highest BCUT2D eigenvalue weighted by atomic mass is 19.3. The molecule has 0 saturated heterocycles. The predicted molar refractivity (Wildman–Crippen MR) is 77.1 cm³/mol. The highest BCUT2D eigenvalue weighted by Crippen LogP contribution is 2.26. The minimum absolute atomic E-state index is 0.0695. The summed E-state index contributed by atoms with van der Waals surface area (Å²) in [6, 6.07) is 5.99. The summed E-state index contributed by atoms with van der Waals surface area (Å²) in [4.78, 5) is 12.1. The summed E-state index contributed by atoms with van der Waals surface area (Å²) in [6.45, 7) is 1.07. The number of para-hydroxylation sites is 1. The molecule has 0 heterocycles. The molecule has 0 aliphatic heterocycles. The first-order valence-corrected chi connectivity index (χ1v) is 7.03. The van der Waals surface area contributed by atoms with Gasteiger partial charge in [0.25, 0.3) is 0 Å². The van der Waals surface area contributed by atoms with Gasteiger partial charge in [0.1, 0.15) is 5.75 Å². The number of carbonyl (C=O) groups is 1. The second-order valence-corrected chi connectivity index (χ2v) is 4.87. The molecule has 2 unspecified atom stereocenters. The molecule has 1 amide bonds. The second-order valence-electron chi connectivity index (χ2n) is 4.87. The molecule has 1 aromatic rings. The number of nitrogens with two attached hydrogens (primary N) is 1. The van der Waals surface area contributed by atoms with Crippen molar-refractivity contribution >= 4 is 5.91 Å². The third kappa shape index (κ3) is 5.30. The molecule has 0 aromatic heterocycles. The molecule has 1 rings (SSSR count). The lowest BCUT2D eigenvalue weighted by atomic mass is 10.0. The van der Waals surface area contributed by atoms with E-state index in [1.54, 1.807) is 25.1 Å². The van der Waals surface area contributed by atoms with Crippen LogP contribution >= 0.6 is 0 Å². The molecule has 2 atom stereocenters. The van der Waals surface area contributed by atoms with Gasteiger partial charge in [-0.2, -0.15) is 8.78 Å². The van der Waals surface area contributed by atoms with Crippen LogP contribution in [0.3, 0.4) is 0 Å². The molecular formula is C15H22F2N2O2. The Morgan fingerprint density at radius 3 is 2.62 bits per heavy atom. The Hall–Kier alpha value is -1.69. The van der Waals surface area contributed by atoms with E-state index in [4.69, 9.17) is 5.73 Å². The third-order valence-electron chi connectivity index (χ3n) is 3.25. The second kappa shape index (κ2) is 8.56. The molecule has 118 valence electrons. The van der Waals surface area contributed by atoms with Crippen molar-refractivity contribution in [3.8, 4) is 5.75 Å². The van der Waals surface area contributed by atoms with Crippen LogP contribution in [-0.4, -0.2) is 19.1 Å². The van der Waals surface area contributed by atoms with E-state index >= 15 is 0 Å². The molecule has 6 heteroatoms. The van der Waals surface area contributed by atoms with E-state index in [2.05, 4.69) is 10.1 Å². The van der Waals surface area contributed by atoms with Gasteiger partial charge in [-0.05, 0) is 19.4 Å². The Labute approximate surface area is 123 Å². The number of nitrogens with one attached hydrogen (secondary N) is 1. The van der Waals surface area contributed by atoms with Gasteiger partial charge in [0.05, 0.1) is 12.0 Å². The van der Waals surface area contributed by atoms with E-state index in [0.29, 0.717) is 12.0 Å². The fourth-order valence-electron chi connectivity index (χ4n) is 2.15. The van der Waals surface area contributed by atoms with E-state index in [0.717, 1.165) is 6.42 Å². The summed E-state index contributed by atoms with van der Waals surface area (Å²) in [5.74, 6) is -0.362. The number of carbonyl (C=O) groups excluding carboxylic acids is 1. The molecular weight excluding hydrogens is 278 g/mol. The van der Waals surface area contributed by atoms with Crippen LogP contribution in [0.15, 0.2) is 24.3 Å². The molecule has 21 heavy (non-hydrogen) atoms. The van der Waals surface area contributed by atoms with Crippen LogP contribution in [0.2, 0.25) is 0 Å². The van der Waals surface area contributed by atoms with Crippen molar-refractivity contribution in [3.05, 3.63) is 29.8 Å². The number of benzene rings is 1. The van der Waals surface area contributed by atoms with E-state index in [1.807, 2.05) is 6.92 Å². The molecule has 3 N–H and O–H groups in total. The average molecular weight is 300 g/mol. The maximum Gasteiger partial charge on any atom is 0.387 e. The van der Waals surface area contributed by atoms with Crippen LogP contribution < -0.4 is 15.8 Å². The van der Waals surface area contributed by atoms with Gasteiger partial charge in [0.15, 0.2) is 0 Å². The smallest absolute Gasteiger partial charge is 0.387 e. The lowest BCUT2D eigenvalue weighted by Gasteiger charge is -2.21. The van der Waals surface area contributed by atoms with E-state index in [9.17, 15) is 13.6 Å². The quantitative estimate of drug-likeness (QED) is 0.776. The summed E-state index contributed by atoms with van der Waals surface area (Å²) < 4.78 is 29.2. The summed E-state index contributed by atoms with van der Waals surface area (Å²) in [6.07, 6.45) is 1.55. The number of ether oxygens (including phenoxy) is 1. The standard InChI is InChI=1S/C15H22F2N2O2/c1-3-6-11(9-18)14(20)19-10(2)12-7-4-5-8-13(12)21-15(16)17/h4-5,7-8,10-11,15H,3,6,9,18H2,1-2H3,(H,19,20). The van der Waals surface area contributed by atoms with Gasteiger partial charge < -0.3 is 15.8 Å². The summed E-state index contributed by atoms with van der Waals surface area (Å²) in [5, 5.41) is 2.80. The van der Waals surface area contributed by atoms with Crippen molar-refractivity contribution < 1.29 is 18.3 Å². The first-order valence-electron chi connectivity index (χ1n) is 7.03. The molecule has 0 fully saturated rings. The van der Waals surface area contributed by atoms with Crippen molar-refractivity contribution in [1.29, 1.82) is 0 Å². The molecule has 0 spiro atoms. The maximum absolute atomic E-state index is 12.4. The van der Waals surface area contributed by atoms with Gasteiger partial charge >= 0.3 is 6.61 Å². The van der Waals surface area contributed by atoms with Crippen LogP contribution in [0, 0.1) is 5.92 Å². The number of rotatable bonds is 8. The monoisotopic (exact) mass is 300 g/mol. The Bertz CT molecular complexity index is 455. The first kappa shape index (κ1) is 17.4. The van der Waals surface area contributed by atoms with Crippen molar-refractivity contribution in [2.75, 3.05) is 6.54 Å². The number of hydrogen-bond donors (Lipinski definition) is 2. The maximum atomic E-state index is 12.4. The summed E-state index contributed by atoms with van der Waals surface area (Å²) in [5.41, 5.74) is 6.10. The highest BCUT2D eigenvalue weighted by molar-refractivity contribution is 5.79. The molecule has 0 bridgehead atoms. The molecule has 0 aliphatic carbocycles. The lowest BCUT2D eigenvalue weighted by molar-refractivity contribution is -0.125. The van der Waals surface area contributed by atoms with Gasteiger partial charge in [-0.15, -0.1) is 0 Å². The fraction of sp³-hybridized carbons (Fsp3) is 0.533. The summed E-state index contributed by atoms with van der Waals surface area (Å²) in [7, 11) is 0. The van der Waals surface area contributed by atoms with E-state index in [-0.39, 0.29) is 24.1 Å². The largest absolute Gasteiger partial charge is 0.434 e. The first-order chi connectivity index (χ1) is 9.99. The van der Waals surface area contributed by atoms with Crippen LogP contribution in [0.5, 0.6) is 5.75 Å². The van der Waals surface area contributed by atoms with Gasteiger partial charge in [0, 0.05) is 12.1 Å².